The molecule has 0 bridgehead atoms. The SMILES string of the molecule is CCOC(=O)C=C1CCC(Sc2ccccc2[N+](=O)[O-])=C1N1CCOCC1. The second-order valence-corrected chi connectivity index (χ2v) is 7.26. The minimum atomic E-state index is -0.360. The van der Waals surface area contributed by atoms with E-state index in [0.717, 1.165) is 35.7 Å². The van der Waals surface area contributed by atoms with Crippen molar-refractivity contribution in [2.75, 3.05) is 32.9 Å². The van der Waals surface area contributed by atoms with Crippen LogP contribution in [-0.4, -0.2) is 48.7 Å². The van der Waals surface area contributed by atoms with Crippen LogP contribution in [0.1, 0.15) is 19.8 Å². The van der Waals surface area contributed by atoms with Crippen LogP contribution in [0.25, 0.3) is 0 Å². The maximum Gasteiger partial charge on any atom is 0.331 e. The highest BCUT2D eigenvalue weighted by Gasteiger charge is 2.29. The summed E-state index contributed by atoms with van der Waals surface area (Å²) in [5.41, 5.74) is 2.02. The molecule has 0 amide bonds. The fourth-order valence-corrected chi connectivity index (χ4v) is 4.44. The number of hydrogen-bond acceptors (Lipinski definition) is 7. The number of nitro groups is 1. The Morgan fingerprint density at radius 1 is 1.33 bits per heavy atom. The van der Waals surface area contributed by atoms with Gasteiger partial charge < -0.3 is 14.4 Å². The van der Waals surface area contributed by atoms with Gasteiger partial charge in [0.15, 0.2) is 0 Å². The van der Waals surface area contributed by atoms with Crippen molar-refractivity contribution in [3.05, 3.63) is 56.6 Å². The molecule has 1 aliphatic heterocycles. The first kappa shape index (κ1) is 19.4. The maximum atomic E-state index is 12.0. The average Bonchev–Trinajstić information content (AvgIpc) is 3.05. The van der Waals surface area contributed by atoms with E-state index in [1.165, 1.54) is 17.8 Å². The summed E-state index contributed by atoms with van der Waals surface area (Å²) >= 11 is 1.41. The zero-order valence-electron chi connectivity index (χ0n) is 15.2. The van der Waals surface area contributed by atoms with Gasteiger partial charge in [-0.2, -0.15) is 0 Å². The molecule has 144 valence electrons. The Morgan fingerprint density at radius 3 is 2.78 bits per heavy atom. The molecular weight excluding hydrogens is 368 g/mol. The second-order valence-electron chi connectivity index (χ2n) is 6.12. The van der Waals surface area contributed by atoms with Crippen LogP contribution in [0.15, 0.2) is 51.4 Å². The number of allylic oxidation sites excluding steroid dienone is 2. The summed E-state index contributed by atoms with van der Waals surface area (Å²) in [5.74, 6) is -0.352. The van der Waals surface area contributed by atoms with Crippen LogP contribution in [0.3, 0.4) is 0 Å². The Kier molecular flexibility index (Phi) is 6.52. The molecule has 1 saturated heterocycles. The van der Waals surface area contributed by atoms with E-state index in [9.17, 15) is 14.9 Å². The summed E-state index contributed by atoms with van der Waals surface area (Å²) in [6.45, 7) is 4.82. The molecule has 27 heavy (non-hydrogen) atoms. The van der Waals surface area contributed by atoms with E-state index in [0.29, 0.717) is 31.1 Å². The largest absolute Gasteiger partial charge is 0.463 e. The maximum absolute atomic E-state index is 12.0. The molecule has 1 aliphatic carbocycles. The molecule has 0 atom stereocenters. The Labute approximate surface area is 162 Å². The zero-order valence-corrected chi connectivity index (χ0v) is 16.0. The van der Waals surface area contributed by atoms with Crippen LogP contribution in [0.4, 0.5) is 5.69 Å². The van der Waals surface area contributed by atoms with E-state index in [2.05, 4.69) is 4.90 Å². The molecular formula is C19H22N2O5S. The van der Waals surface area contributed by atoms with Gasteiger partial charge in [0.2, 0.25) is 0 Å². The van der Waals surface area contributed by atoms with Crippen LogP contribution in [-0.2, 0) is 14.3 Å². The van der Waals surface area contributed by atoms with Gasteiger partial charge in [0, 0.05) is 30.1 Å². The first-order chi connectivity index (χ1) is 13.1. The van der Waals surface area contributed by atoms with Crippen molar-refractivity contribution in [1.29, 1.82) is 0 Å². The van der Waals surface area contributed by atoms with Crippen molar-refractivity contribution >= 4 is 23.4 Å². The van der Waals surface area contributed by atoms with Crippen molar-refractivity contribution in [2.45, 2.75) is 24.7 Å². The third-order valence-electron chi connectivity index (χ3n) is 4.39. The molecule has 2 aliphatic rings. The molecule has 1 aromatic rings. The number of rotatable bonds is 6. The lowest BCUT2D eigenvalue weighted by atomic mass is 10.1. The standard InChI is InChI=1S/C19H22N2O5S/c1-2-26-18(22)13-14-7-8-17(19(14)20-9-11-25-12-10-20)27-16-6-4-3-5-15(16)21(23)24/h3-6,13H,2,7-12H2,1H3. The van der Waals surface area contributed by atoms with E-state index in [1.807, 2.05) is 0 Å². The van der Waals surface area contributed by atoms with Crippen molar-refractivity contribution < 1.29 is 19.2 Å². The van der Waals surface area contributed by atoms with Crippen LogP contribution < -0.4 is 0 Å². The lowest BCUT2D eigenvalue weighted by Gasteiger charge is -2.31. The highest BCUT2D eigenvalue weighted by molar-refractivity contribution is 8.03. The Hall–Kier alpha value is -2.32. The van der Waals surface area contributed by atoms with Crippen molar-refractivity contribution in [3.63, 3.8) is 0 Å². The number of morpholine rings is 1. The predicted octanol–water partition coefficient (Wildman–Crippen LogP) is 3.51. The van der Waals surface area contributed by atoms with Gasteiger partial charge >= 0.3 is 5.97 Å². The first-order valence-electron chi connectivity index (χ1n) is 8.95. The number of benzene rings is 1. The third kappa shape index (κ3) is 4.70. The van der Waals surface area contributed by atoms with Gasteiger partial charge in [-0.25, -0.2) is 4.79 Å². The second kappa shape index (κ2) is 9.05. The molecule has 8 heteroatoms. The fraction of sp³-hybridized carbons (Fsp3) is 0.421. The number of carbonyl (C=O) groups excluding carboxylic acids is 1. The van der Waals surface area contributed by atoms with E-state index in [4.69, 9.17) is 9.47 Å². The van der Waals surface area contributed by atoms with Gasteiger partial charge in [0.05, 0.1) is 35.3 Å². The van der Waals surface area contributed by atoms with Crippen LogP contribution in [0.2, 0.25) is 0 Å². The van der Waals surface area contributed by atoms with E-state index in [-0.39, 0.29) is 16.6 Å². The van der Waals surface area contributed by atoms with E-state index < -0.39 is 0 Å². The normalized spacial score (nSPS) is 18.9. The number of para-hydroxylation sites is 1. The van der Waals surface area contributed by atoms with Gasteiger partial charge in [-0.05, 0) is 31.4 Å². The number of hydrogen-bond donors (Lipinski definition) is 0. The Balaban J connectivity index is 1.95. The predicted molar refractivity (Wildman–Crippen MR) is 102 cm³/mol. The highest BCUT2D eigenvalue weighted by Crippen LogP contribution is 2.45. The smallest absolute Gasteiger partial charge is 0.331 e. The number of ether oxygens (including phenoxy) is 2. The van der Waals surface area contributed by atoms with Crippen molar-refractivity contribution in [3.8, 4) is 0 Å². The molecule has 3 rings (SSSR count). The number of esters is 1. The summed E-state index contributed by atoms with van der Waals surface area (Å²) in [7, 11) is 0. The molecule has 1 aromatic carbocycles. The van der Waals surface area contributed by atoms with E-state index in [1.54, 1.807) is 31.2 Å². The molecule has 0 aromatic heterocycles. The van der Waals surface area contributed by atoms with Crippen molar-refractivity contribution in [1.82, 2.24) is 4.90 Å². The van der Waals surface area contributed by atoms with Crippen LogP contribution >= 0.6 is 11.8 Å². The first-order valence-corrected chi connectivity index (χ1v) is 9.76. The van der Waals surface area contributed by atoms with E-state index >= 15 is 0 Å². The van der Waals surface area contributed by atoms with Crippen LogP contribution in [0, 0.1) is 10.1 Å². The summed E-state index contributed by atoms with van der Waals surface area (Å²) in [6.07, 6.45) is 3.02. The number of thioether (sulfide) groups is 1. The summed E-state index contributed by atoms with van der Waals surface area (Å²) in [6, 6.07) is 6.75. The number of nitro benzene ring substituents is 1. The molecule has 0 spiro atoms. The lowest BCUT2D eigenvalue weighted by Crippen LogP contribution is -2.36. The van der Waals surface area contributed by atoms with Gasteiger partial charge in [-0.15, -0.1) is 0 Å². The molecule has 7 nitrogen and oxygen atoms in total. The van der Waals surface area contributed by atoms with Gasteiger partial charge in [0.25, 0.3) is 5.69 Å². The number of carbonyl (C=O) groups is 1. The molecule has 0 radical (unpaired) electrons. The zero-order chi connectivity index (χ0) is 19.2. The lowest BCUT2D eigenvalue weighted by molar-refractivity contribution is -0.387. The molecule has 0 unspecified atom stereocenters. The van der Waals surface area contributed by atoms with Gasteiger partial charge in [0.1, 0.15) is 0 Å². The Morgan fingerprint density at radius 2 is 2.07 bits per heavy atom. The van der Waals surface area contributed by atoms with Crippen LogP contribution in [0.5, 0.6) is 0 Å². The monoisotopic (exact) mass is 390 g/mol. The number of nitrogens with zero attached hydrogens (tertiary/aromatic N) is 2. The fourth-order valence-electron chi connectivity index (χ4n) is 3.22. The summed E-state index contributed by atoms with van der Waals surface area (Å²) < 4.78 is 10.5. The van der Waals surface area contributed by atoms with Crippen molar-refractivity contribution in [2.24, 2.45) is 0 Å². The Bertz CT molecular complexity index is 784. The molecule has 0 N–H and O–H groups in total. The molecule has 1 heterocycles. The van der Waals surface area contributed by atoms with Gasteiger partial charge in [-0.3, -0.25) is 10.1 Å². The minimum Gasteiger partial charge on any atom is -0.463 e. The minimum absolute atomic E-state index is 0.0964. The average molecular weight is 390 g/mol. The quantitative estimate of drug-likeness (QED) is 0.318. The summed E-state index contributed by atoms with van der Waals surface area (Å²) in [4.78, 5) is 26.8. The molecule has 1 fully saturated rings. The topological polar surface area (TPSA) is 81.9 Å². The summed E-state index contributed by atoms with van der Waals surface area (Å²) in [5, 5.41) is 11.3. The van der Waals surface area contributed by atoms with Gasteiger partial charge in [-0.1, -0.05) is 23.9 Å². The molecule has 0 saturated carbocycles. The third-order valence-corrected chi connectivity index (χ3v) is 5.60. The highest BCUT2D eigenvalue weighted by atomic mass is 32.2.